The predicted octanol–water partition coefficient (Wildman–Crippen LogP) is 3.42. The number of nitrogens with zero attached hydrogens (tertiary/aromatic N) is 2. The Morgan fingerprint density at radius 1 is 1.03 bits per heavy atom. The highest BCUT2D eigenvalue weighted by molar-refractivity contribution is 6.00. The van der Waals surface area contributed by atoms with Gasteiger partial charge in [-0.2, -0.15) is 0 Å². The standard InChI is InChI=1S/C24H33N3O3/c1-16-8-9-17(2)21-20(16)18(3)22(30-21)23(28)25-10-11-26-12-14-27(15-13-26)24(29)19-6-4-5-7-19/h8-9,19H,4-7,10-15H2,1-3H3,(H,25,28). The number of rotatable bonds is 5. The number of hydrogen-bond donors (Lipinski definition) is 1. The van der Waals surface area contributed by atoms with Crippen LogP contribution in [0.2, 0.25) is 0 Å². The summed E-state index contributed by atoms with van der Waals surface area (Å²) in [5.41, 5.74) is 3.88. The molecule has 162 valence electrons. The van der Waals surface area contributed by atoms with Crippen LogP contribution in [0.4, 0.5) is 0 Å². The number of nitrogens with one attached hydrogen (secondary N) is 1. The van der Waals surface area contributed by atoms with Crippen LogP contribution in [-0.2, 0) is 4.79 Å². The maximum Gasteiger partial charge on any atom is 0.287 e. The van der Waals surface area contributed by atoms with Crippen LogP contribution in [0.1, 0.15) is 52.9 Å². The number of furan rings is 1. The lowest BCUT2D eigenvalue weighted by Gasteiger charge is -2.36. The van der Waals surface area contributed by atoms with Crippen molar-refractivity contribution in [3.63, 3.8) is 0 Å². The highest BCUT2D eigenvalue weighted by Gasteiger charge is 2.29. The summed E-state index contributed by atoms with van der Waals surface area (Å²) in [6, 6.07) is 4.10. The molecule has 2 amide bonds. The van der Waals surface area contributed by atoms with E-state index in [9.17, 15) is 9.59 Å². The second-order valence-electron chi connectivity index (χ2n) is 8.86. The van der Waals surface area contributed by atoms with E-state index in [1.54, 1.807) is 0 Å². The molecule has 4 rings (SSSR count). The zero-order valence-electron chi connectivity index (χ0n) is 18.4. The van der Waals surface area contributed by atoms with Crippen molar-refractivity contribution < 1.29 is 14.0 Å². The molecule has 1 aromatic heterocycles. The van der Waals surface area contributed by atoms with Gasteiger partial charge in [-0.25, -0.2) is 0 Å². The molecule has 1 aliphatic heterocycles. The smallest absolute Gasteiger partial charge is 0.287 e. The maximum atomic E-state index is 12.7. The molecule has 1 N–H and O–H groups in total. The number of aryl methyl sites for hydroxylation is 3. The monoisotopic (exact) mass is 411 g/mol. The Balaban J connectivity index is 1.27. The number of amides is 2. The van der Waals surface area contributed by atoms with Crippen LogP contribution in [0.5, 0.6) is 0 Å². The second kappa shape index (κ2) is 8.80. The number of carbonyl (C=O) groups excluding carboxylic acids is 2. The fourth-order valence-corrected chi connectivity index (χ4v) is 4.92. The molecule has 2 aromatic rings. The van der Waals surface area contributed by atoms with Crippen LogP contribution in [0.15, 0.2) is 16.5 Å². The summed E-state index contributed by atoms with van der Waals surface area (Å²) < 4.78 is 5.93. The molecule has 1 saturated carbocycles. The van der Waals surface area contributed by atoms with Gasteiger partial charge in [0.2, 0.25) is 5.91 Å². The molecule has 1 aromatic carbocycles. The Morgan fingerprint density at radius 3 is 2.37 bits per heavy atom. The molecule has 2 fully saturated rings. The van der Waals surface area contributed by atoms with Gasteiger partial charge in [0.1, 0.15) is 5.58 Å². The molecule has 1 aliphatic carbocycles. The van der Waals surface area contributed by atoms with E-state index in [2.05, 4.69) is 16.3 Å². The van der Waals surface area contributed by atoms with Gasteiger partial charge in [0.25, 0.3) is 5.91 Å². The predicted molar refractivity (Wildman–Crippen MR) is 118 cm³/mol. The average Bonchev–Trinajstić information content (AvgIpc) is 3.40. The molecule has 0 bridgehead atoms. The van der Waals surface area contributed by atoms with Gasteiger partial charge in [-0.3, -0.25) is 14.5 Å². The lowest BCUT2D eigenvalue weighted by Crippen LogP contribution is -2.51. The van der Waals surface area contributed by atoms with Gasteiger partial charge in [-0.1, -0.05) is 25.0 Å². The molecular formula is C24H33N3O3. The number of hydrogen-bond acceptors (Lipinski definition) is 4. The summed E-state index contributed by atoms with van der Waals surface area (Å²) in [6.07, 6.45) is 4.51. The molecule has 6 nitrogen and oxygen atoms in total. The van der Waals surface area contributed by atoms with E-state index in [0.717, 1.165) is 73.2 Å². The van der Waals surface area contributed by atoms with Gasteiger partial charge in [0, 0.05) is 56.1 Å². The second-order valence-corrected chi connectivity index (χ2v) is 8.86. The van der Waals surface area contributed by atoms with Crippen molar-refractivity contribution in [1.82, 2.24) is 15.1 Å². The number of benzene rings is 1. The molecule has 0 atom stereocenters. The Hall–Kier alpha value is -2.34. The molecule has 6 heteroatoms. The Kier molecular flexibility index (Phi) is 6.14. The Labute approximate surface area is 178 Å². The van der Waals surface area contributed by atoms with E-state index < -0.39 is 0 Å². The fourth-order valence-electron chi connectivity index (χ4n) is 4.92. The quantitative estimate of drug-likeness (QED) is 0.819. The molecule has 0 spiro atoms. The Morgan fingerprint density at radius 2 is 1.70 bits per heavy atom. The van der Waals surface area contributed by atoms with Gasteiger partial charge in [0.15, 0.2) is 5.76 Å². The zero-order valence-corrected chi connectivity index (χ0v) is 18.4. The van der Waals surface area contributed by atoms with Crippen molar-refractivity contribution in [1.29, 1.82) is 0 Å². The van der Waals surface area contributed by atoms with Crippen LogP contribution in [0.25, 0.3) is 11.0 Å². The molecule has 2 heterocycles. The molecule has 1 saturated heterocycles. The minimum absolute atomic E-state index is 0.155. The summed E-state index contributed by atoms with van der Waals surface area (Å²) in [7, 11) is 0. The van der Waals surface area contributed by atoms with E-state index in [-0.39, 0.29) is 11.8 Å². The van der Waals surface area contributed by atoms with Crippen molar-refractivity contribution >= 4 is 22.8 Å². The van der Waals surface area contributed by atoms with E-state index in [4.69, 9.17) is 4.42 Å². The topological polar surface area (TPSA) is 65.8 Å². The van der Waals surface area contributed by atoms with E-state index in [0.29, 0.717) is 18.2 Å². The highest BCUT2D eigenvalue weighted by Crippen LogP contribution is 2.30. The highest BCUT2D eigenvalue weighted by atomic mass is 16.3. The molecular weight excluding hydrogens is 378 g/mol. The summed E-state index contributed by atoms with van der Waals surface area (Å²) in [5.74, 6) is 0.869. The first-order chi connectivity index (χ1) is 14.5. The molecule has 2 aliphatic rings. The fraction of sp³-hybridized carbons (Fsp3) is 0.583. The van der Waals surface area contributed by atoms with E-state index >= 15 is 0 Å². The normalized spacial score (nSPS) is 18.3. The van der Waals surface area contributed by atoms with Gasteiger partial charge < -0.3 is 14.6 Å². The lowest BCUT2D eigenvalue weighted by molar-refractivity contribution is -0.137. The summed E-state index contributed by atoms with van der Waals surface area (Å²) >= 11 is 0. The summed E-state index contributed by atoms with van der Waals surface area (Å²) in [4.78, 5) is 29.6. The van der Waals surface area contributed by atoms with Crippen molar-refractivity contribution in [2.45, 2.75) is 46.5 Å². The Bertz CT molecular complexity index is 935. The third kappa shape index (κ3) is 4.10. The van der Waals surface area contributed by atoms with Gasteiger partial charge in [-0.15, -0.1) is 0 Å². The van der Waals surface area contributed by atoms with Crippen LogP contribution < -0.4 is 5.32 Å². The number of piperazine rings is 1. The first-order valence-electron chi connectivity index (χ1n) is 11.2. The van der Waals surface area contributed by atoms with Crippen LogP contribution in [-0.4, -0.2) is 60.9 Å². The van der Waals surface area contributed by atoms with Crippen LogP contribution >= 0.6 is 0 Å². The summed E-state index contributed by atoms with van der Waals surface area (Å²) in [6.45, 7) is 10.7. The molecule has 0 unspecified atom stereocenters. The zero-order chi connectivity index (χ0) is 21.3. The first-order valence-corrected chi connectivity index (χ1v) is 11.2. The van der Waals surface area contributed by atoms with E-state index in [1.807, 2.05) is 31.7 Å². The van der Waals surface area contributed by atoms with Crippen molar-refractivity contribution in [3.05, 3.63) is 34.6 Å². The summed E-state index contributed by atoms with van der Waals surface area (Å²) in [5, 5.41) is 4.06. The number of fused-ring (bicyclic) bond motifs is 1. The minimum atomic E-state index is -0.155. The first kappa shape index (κ1) is 20.9. The minimum Gasteiger partial charge on any atom is -0.450 e. The van der Waals surface area contributed by atoms with Crippen molar-refractivity contribution in [2.75, 3.05) is 39.3 Å². The maximum absolute atomic E-state index is 12.7. The SMILES string of the molecule is Cc1ccc(C)c2c(C)c(C(=O)NCCN3CCN(C(=O)C4CCCC4)CC3)oc12. The molecule has 30 heavy (non-hydrogen) atoms. The van der Waals surface area contributed by atoms with Gasteiger partial charge in [-0.05, 0) is 44.7 Å². The number of carbonyl (C=O) groups is 2. The van der Waals surface area contributed by atoms with Crippen molar-refractivity contribution in [3.8, 4) is 0 Å². The van der Waals surface area contributed by atoms with E-state index in [1.165, 1.54) is 12.8 Å². The largest absolute Gasteiger partial charge is 0.450 e. The van der Waals surface area contributed by atoms with Crippen LogP contribution in [0, 0.1) is 26.7 Å². The van der Waals surface area contributed by atoms with Gasteiger partial charge >= 0.3 is 0 Å². The third-order valence-electron chi connectivity index (χ3n) is 6.79. The molecule has 0 radical (unpaired) electrons. The van der Waals surface area contributed by atoms with Gasteiger partial charge in [0.05, 0.1) is 0 Å². The van der Waals surface area contributed by atoms with Crippen LogP contribution in [0.3, 0.4) is 0 Å². The average molecular weight is 412 g/mol. The van der Waals surface area contributed by atoms with Crippen molar-refractivity contribution in [2.24, 2.45) is 5.92 Å². The lowest BCUT2D eigenvalue weighted by atomic mass is 10.0. The third-order valence-corrected chi connectivity index (χ3v) is 6.79.